The van der Waals surface area contributed by atoms with Crippen molar-refractivity contribution in [2.24, 2.45) is 0 Å². The van der Waals surface area contributed by atoms with Crippen LogP contribution >= 0.6 is 0 Å². The molecule has 1 saturated heterocycles. The second-order valence-corrected chi connectivity index (χ2v) is 6.05. The van der Waals surface area contributed by atoms with Crippen molar-refractivity contribution in [1.29, 1.82) is 0 Å². The SMILES string of the molecule is CC1(C)CC(O)CCN1C(=O)CCCc1ccc[nH]1. The zero-order chi connectivity index (χ0) is 13.9. The minimum absolute atomic E-state index is 0.212. The number of nitrogens with one attached hydrogen (secondary N) is 1. The van der Waals surface area contributed by atoms with Crippen molar-refractivity contribution in [3.63, 3.8) is 0 Å². The minimum atomic E-state index is -0.266. The molecule has 1 aromatic heterocycles. The van der Waals surface area contributed by atoms with Crippen LogP contribution in [0, 0.1) is 0 Å². The maximum atomic E-state index is 12.3. The number of rotatable bonds is 4. The number of hydrogen-bond donors (Lipinski definition) is 2. The van der Waals surface area contributed by atoms with Crippen molar-refractivity contribution in [1.82, 2.24) is 9.88 Å². The molecule has 4 nitrogen and oxygen atoms in total. The van der Waals surface area contributed by atoms with Crippen molar-refractivity contribution in [2.45, 2.75) is 57.6 Å². The lowest BCUT2D eigenvalue weighted by Gasteiger charge is -2.44. The Hall–Kier alpha value is -1.29. The number of amides is 1. The molecule has 0 aliphatic carbocycles. The molecule has 4 heteroatoms. The highest BCUT2D eigenvalue weighted by molar-refractivity contribution is 5.77. The Labute approximate surface area is 114 Å². The van der Waals surface area contributed by atoms with Gasteiger partial charge in [-0.15, -0.1) is 0 Å². The first-order chi connectivity index (χ1) is 8.99. The Morgan fingerprint density at radius 1 is 1.58 bits per heavy atom. The number of piperidine rings is 1. The Balaban J connectivity index is 1.82. The van der Waals surface area contributed by atoms with Crippen LogP contribution in [0.3, 0.4) is 0 Å². The van der Waals surface area contributed by atoms with Crippen molar-refractivity contribution < 1.29 is 9.90 Å². The maximum absolute atomic E-state index is 12.3. The maximum Gasteiger partial charge on any atom is 0.223 e. The fraction of sp³-hybridized carbons (Fsp3) is 0.667. The topological polar surface area (TPSA) is 56.3 Å². The molecular weight excluding hydrogens is 240 g/mol. The number of aromatic nitrogens is 1. The van der Waals surface area contributed by atoms with Crippen molar-refractivity contribution >= 4 is 5.91 Å². The van der Waals surface area contributed by atoms with E-state index < -0.39 is 0 Å². The van der Waals surface area contributed by atoms with Gasteiger partial charge in [0.25, 0.3) is 0 Å². The third-order valence-corrected chi connectivity index (χ3v) is 3.95. The number of aryl methyl sites for hydroxylation is 1. The molecule has 1 aliphatic heterocycles. The van der Waals surface area contributed by atoms with Crippen LogP contribution in [0.25, 0.3) is 0 Å². The fourth-order valence-corrected chi connectivity index (χ4v) is 2.92. The number of aliphatic hydroxyl groups is 1. The minimum Gasteiger partial charge on any atom is -0.393 e. The van der Waals surface area contributed by atoms with Gasteiger partial charge in [0, 0.05) is 30.4 Å². The molecule has 106 valence electrons. The zero-order valence-corrected chi connectivity index (χ0v) is 11.9. The van der Waals surface area contributed by atoms with E-state index >= 15 is 0 Å². The van der Waals surface area contributed by atoms with Gasteiger partial charge in [0.05, 0.1) is 6.10 Å². The van der Waals surface area contributed by atoms with Gasteiger partial charge >= 0.3 is 0 Å². The first kappa shape index (κ1) is 14.1. The van der Waals surface area contributed by atoms with Gasteiger partial charge < -0.3 is 15.0 Å². The smallest absolute Gasteiger partial charge is 0.223 e. The summed E-state index contributed by atoms with van der Waals surface area (Å²) in [5.74, 6) is 0.212. The van der Waals surface area contributed by atoms with Crippen LogP contribution in [-0.2, 0) is 11.2 Å². The molecule has 1 amide bonds. The van der Waals surface area contributed by atoms with E-state index in [4.69, 9.17) is 0 Å². The number of aliphatic hydroxyl groups excluding tert-OH is 1. The molecule has 1 atom stereocenters. The van der Waals surface area contributed by atoms with Crippen molar-refractivity contribution in [3.8, 4) is 0 Å². The highest BCUT2D eigenvalue weighted by Crippen LogP contribution is 2.28. The molecule has 0 bridgehead atoms. The van der Waals surface area contributed by atoms with Crippen LogP contribution in [0.2, 0.25) is 0 Å². The van der Waals surface area contributed by atoms with Crippen LogP contribution in [0.15, 0.2) is 18.3 Å². The first-order valence-electron chi connectivity index (χ1n) is 7.10. The first-order valence-corrected chi connectivity index (χ1v) is 7.10. The largest absolute Gasteiger partial charge is 0.393 e. The Morgan fingerprint density at radius 2 is 2.37 bits per heavy atom. The molecular formula is C15H24N2O2. The molecule has 2 N–H and O–H groups in total. The van der Waals surface area contributed by atoms with E-state index in [2.05, 4.69) is 4.98 Å². The molecule has 2 rings (SSSR count). The fourth-order valence-electron chi connectivity index (χ4n) is 2.92. The Morgan fingerprint density at radius 3 is 3.00 bits per heavy atom. The van der Waals surface area contributed by atoms with E-state index in [9.17, 15) is 9.90 Å². The quantitative estimate of drug-likeness (QED) is 0.875. The summed E-state index contributed by atoms with van der Waals surface area (Å²) in [7, 11) is 0. The summed E-state index contributed by atoms with van der Waals surface area (Å²) in [6.07, 6.45) is 5.38. The van der Waals surface area contributed by atoms with E-state index in [1.165, 1.54) is 5.69 Å². The second-order valence-electron chi connectivity index (χ2n) is 6.05. The van der Waals surface area contributed by atoms with Crippen LogP contribution in [-0.4, -0.2) is 39.1 Å². The third-order valence-electron chi connectivity index (χ3n) is 3.95. The summed E-state index contributed by atoms with van der Waals surface area (Å²) >= 11 is 0. The zero-order valence-electron chi connectivity index (χ0n) is 11.9. The molecule has 0 spiro atoms. The molecule has 1 fully saturated rings. The van der Waals surface area contributed by atoms with Gasteiger partial charge in [-0.25, -0.2) is 0 Å². The summed E-state index contributed by atoms with van der Waals surface area (Å²) in [6, 6.07) is 4.03. The number of carbonyl (C=O) groups is 1. The monoisotopic (exact) mass is 264 g/mol. The molecule has 0 radical (unpaired) electrons. The lowest BCUT2D eigenvalue weighted by Crippen LogP contribution is -2.54. The normalized spacial score (nSPS) is 22.5. The number of H-pyrrole nitrogens is 1. The third kappa shape index (κ3) is 3.60. The van der Waals surface area contributed by atoms with E-state index in [1.807, 2.05) is 37.1 Å². The number of aromatic amines is 1. The molecule has 1 aliphatic rings. The van der Waals surface area contributed by atoms with Gasteiger partial charge in [-0.2, -0.15) is 0 Å². The number of carbonyl (C=O) groups excluding carboxylic acids is 1. The van der Waals surface area contributed by atoms with Gasteiger partial charge in [-0.3, -0.25) is 4.79 Å². The van der Waals surface area contributed by atoms with E-state index in [-0.39, 0.29) is 17.6 Å². The highest BCUT2D eigenvalue weighted by Gasteiger charge is 2.36. The molecule has 1 aromatic rings. The highest BCUT2D eigenvalue weighted by atomic mass is 16.3. The van der Waals surface area contributed by atoms with Crippen LogP contribution in [0.4, 0.5) is 0 Å². The summed E-state index contributed by atoms with van der Waals surface area (Å²) in [5.41, 5.74) is 0.961. The van der Waals surface area contributed by atoms with Crippen LogP contribution in [0.5, 0.6) is 0 Å². The number of hydrogen-bond acceptors (Lipinski definition) is 2. The van der Waals surface area contributed by atoms with Crippen LogP contribution in [0.1, 0.15) is 45.2 Å². The molecule has 0 saturated carbocycles. The second kappa shape index (κ2) is 5.78. The lowest BCUT2D eigenvalue weighted by atomic mass is 9.88. The predicted molar refractivity (Wildman–Crippen MR) is 74.8 cm³/mol. The molecule has 2 heterocycles. The summed E-state index contributed by atoms with van der Waals surface area (Å²) in [5, 5.41) is 9.70. The predicted octanol–water partition coefficient (Wildman–Crippen LogP) is 2.10. The summed E-state index contributed by atoms with van der Waals surface area (Å²) in [4.78, 5) is 17.4. The standard InChI is InChI=1S/C15H24N2O2/c1-15(2)11-13(18)8-10-17(15)14(19)7-3-5-12-6-4-9-16-12/h4,6,9,13,16,18H,3,5,7-8,10-11H2,1-2H3. The Bertz CT molecular complexity index is 412. The van der Waals surface area contributed by atoms with Gasteiger partial charge in [0.2, 0.25) is 5.91 Å². The number of likely N-dealkylation sites (tertiary alicyclic amines) is 1. The van der Waals surface area contributed by atoms with E-state index in [0.29, 0.717) is 25.8 Å². The van der Waals surface area contributed by atoms with Gasteiger partial charge in [-0.05, 0) is 51.7 Å². The average molecular weight is 264 g/mol. The molecule has 0 aromatic carbocycles. The molecule has 1 unspecified atom stereocenters. The summed E-state index contributed by atoms with van der Waals surface area (Å²) in [6.45, 7) is 4.76. The summed E-state index contributed by atoms with van der Waals surface area (Å²) < 4.78 is 0. The van der Waals surface area contributed by atoms with Gasteiger partial charge in [-0.1, -0.05) is 0 Å². The van der Waals surface area contributed by atoms with Gasteiger partial charge in [0.1, 0.15) is 0 Å². The Kier molecular flexibility index (Phi) is 4.30. The van der Waals surface area contributed by atoms with Crippen molar-refractivity contribution in [2.75, 3.05) is 6.54 Å². The van der Waals surface area contributed by atoms with E-state index in [0.717, 1.165) is 12.8 Å². The lowest BCUT2D eigenvalue weighted by molar-refractivity contribution is -0.141. The average Bonchev–Trinajstić information content (AvgIpc) is 2.80. The van der Waals surface area contributed by atoms with E-state index in [1.54, 1.807) is 0 Å². The van der Waals surface area contributed by atoms with Crippen LogP contribution < -0.4 is 0 Å². The molecule has 19 heavy (non-hydrogen) atoms. The van der Waals surface area contributed by atoms with Crippen molar-refractivity contribution in [3.05, 3.63) is 24.0 Å². The number of nitrogens with zero attached hydrogens (tertiary/aromatic N) is 1. The van der Waals surface area contributed by atoms with Gasteiger partial charge in [0.15, 0.2) is 0 Å².